The Hall–Kier alpha value is -5.78. The van der Waals surface area contributed by atoms with Gasteiger partial charge in [0.2, 0.25) is 0 Å². The molecule has 0 N–H and O–H groups in total. The van der Waals surface area contributed by atoms with Gasteiger partial charge in [0.1, 0.15) is 0 Å². The van der Waals surface area contributed by atoms with Crippen molar-refractivity contribution in [1.29, 1.82) is 0 Å². The molecule has 2 atom stereocenters. The number of thiophene rings is 1. The molecule has 0 saturated heterocycles. The summed E-state index contributed by atoms with van der Waals surface area (Å²) in [7, 11) is 0. The molecule has 1 aliphatic carbocycles. The van der Waals surface area contributed by atoms with Gasteiger partial charge in [-0.3, -0.25) is 0 Å². The highest BCUT2D eigenvalue weighted by Gasteiger charge is 2.58. The van der Waals surface area contributed by atoms with Crippen LogP contribution >= 0.6 is 11.3 Å². The van der Waals surface area contributed by atoms with Crippen molar-refractivity contribution in [2.45, 2.75) is 136 Å². The van der Waals surface area contributed by atoms with Crippen molar-refractivity contribution < 1.29 is 0 Å². The van der Waals surface area contributed by atoms with Gasteiger partial charge in [0.25, 0.3) is 6.71 Å². The molecule has 0 bridgehead atoms. The third-order valence-corrected chi connectivity index (χ3v) is 18.0. The Kier molecular flexibility index (Phi) is 9.36. The van der Waals surface area contributed by atoms with Gasteiger partial charge in [-0.1, -0.05) is 143 Å². The van der Waals surface area contributed by atoms with Crippen LogP contribution in [0.25, 0.3) is 20.2 Å². The summed E-state index contributed by atoms with van der Waals surface area (Å²) in [4.78, 5) is 8.04. The molecule has 68 heavy (non-hydrogen) atoms. The summed E-state index contributed by atoms with van der Waals surface area (Å²) in [5.41, 5.74) is 21.1. The summed E-state index contributed by atoms with van der Waals surface area (Å²) in [6, 6.07) is 52.9. The SMILES string of the molecule is Cc1cc2c3c(c1)N(c1cccc(C(C)(C)C)c1)c1cc(C(C)(C)C)ccc1B3c1ccc(N3c4ccc(C(C)(C)C)cc4C4(C)CCCCC34C)cc1N2c1ccc2sc3ccccc3c2c1. The quantitative estimate of drug-likeness (QED) is 0.164. The number of hydrogen-bond acceptors (Lipinski definition) is 4. The van der Waals surface area contributed by atoms with E-state index in [0.29, 0.717) is 0 Å². The first-order valence-electron chi connectivity index (χ1n) is 25.2. The zero-order chi connectivity index (χ0) is 47.4. The van der Waals surface area contributed by atoms with E-state index >= 15 is 0 Å². The summed E-state index contributed by atoms with van der Waals surface area (Å²) in [6.07, 6.45) is 4.88. The van der Waals surface area contributed by atoms with Crippen LogP contribution in [0.1, 0.15) is 130 Å². The van der Waals surface area contributed by atoms with E-state index < -0.39 is 0 Å². The Morgan fingerprint density at radius 2 is 1.07 bits per heavy atom. The molecule has 0 spiro atoms. The van der Waals surface area contributed by atoms with Crippen LogP contribution in [0.5, 0.6) is 0 Å². The molecule has 342 valence electrons. The van der Waals surface area contributed by atoms with Crippen molar-refractivity contribution in [2.24, 2.45) is 0 Å². The number of hydrogen-bond donors (Lipinski definition) is 0. The van der Waals surface area contributed by atoms with E-state index in [-0.39, 0.29) is 33.9 Å². The van der Waals surface area contributed by atoms with Crippen LogP contribution in [0, 0.1) is 6.92 Å². The maximum atomic E-state index is 2.79. The molecule has 1 aromatic heterocycles. The second-order valence-corrected chi connectivity index (χ2v) is 25.4. The fourth-order valence-corrected chi connectivity index (χ4v) is 13.9. The molecule has 4 heterocycles. The highest BCUT2D eigenvalue weighted by atomic mass is 32.1. The van der Waals surface area contributed by atoms with Crippen LogP contribution in [0.2, 0.25) is 0 Å². The zero-order valence-corrected chi connectivity index (χ0v) is 43.2. The number of aryl methyl sites for hydroxylation is 1. The number of rotatable bonds is 3. The van der Waals surface area contributed by atoms with Crippen molar-refractivity contribution in [3.05, 3.63) is 161 Å². The van der Waals surface area contributed by atoms with Crippen molar-refractivity contribution >= 4 is 100 Å². The largest absolute Gasteiger partial charge is 0.334 e. The third kappa shape index (κ3) is 6.29. The molecular formula is C63H66BN3S. The minimum absolute atomic E-state index is 0.00520. The lowest BCUT2D eigenvalue weighted by Crippen LogP contribution is -2.61. The molecule has 3 aliphatic heterocycles. The van der Waals surface area contributed by atoms with Crippen molar-refractivity contribution in [2.75, 3.05) is 14.7 Å². The molecule has 7 aromatic carbocycles. The van der Waals surface area contributed by atoms with Gasteiger partial charge in [0, 0.05) is 71.1 Å². The van der Waals surface area contributed by atoms with Crippen LogP contribution in [-0.2, 0) is 21.7 Å². The molecule has 3 nitrogen and oxygen atoms in total. The minimum Gasteiger partial charge on any atom is -0.334 e. The third-order valence-electron chi connectivity index (χ3n) is 16.9. The van der Waals surface area contributed by atoms with E-state index in [1.54, 1.807) is 0 Å². The monoisotopic (exact) mass is 908 g/mol. The summed E-state index contributed by atoms with van der Waals surface area (Å²) >= 11 is 1.89. The second-order valence-electron chi connectivity index (χ2n) is 24.3. The lowest BCUT2D eigenvalue weighted by atomic mass is 9.33. The highest BCUT2D eigenvalue weighted by molar-refractivity contribution is 7.25. The first-order valence-corrected chi connectivity index (χ1v) is 26.1. The van der Waals surface area contributed by atoms with Crippen LogP contribution in [0.4, 0.5) is 45.5 Å². The summed E-state index contributed by atoms with van der Waals surface area (Å²) in [6.45, 7) is 28.6. The van der Waals surface area contributed by atoms with Crippen molar-refractivity contribution in [3.8, 4) is 0 Å². The standard InChI is InChI=1S/C63H66BN3S/c1-39-32-54-58-55(33-39)66(44-25-29-57-47(37-44)46-20-13-14-21-56(46)68-57)53-38-45(67-51-28-23-41(60(5,6)7)35-48(51)62(11)30-15-16-31-63(62,67)12)24-27-50(53)64(58)49-26-22-42(61(8,9)10)36-52(49)65(54)43-19-17-18-40(34-43)59(2,3)4/h13-14,17-29,32-38H,15-16,30-31H2,1-12H3. The van der Waals surface area contributed by atoms with Gasteiger partial charge in [0.15, 0.2) is 0 Å². The molecule has 5 heteroatoms. The number of anilines is 8. The van der Waals surface area contributed by atoms with Crippen LogP contribution in [0.15, 0.2) is 133 Å². The Balaban J connectivity index is 1.15. The van der Waals surface area contributed by atoms with Gasteiger partial charge in [-0.25, -0.2) is 0 Å². The molecule has 1 fully saturated rings. The number of fused-ring (bicyclic) bond motifs is 10. The van der Waals surface area contributed by atoms with Crippen LogP contribution in [-0.4, -0.2) is 12.3 Å². The van der Waals surface area contributed by atoms with Crippen LogP contribution < -0.4 is 31.1 Å². The van der Waals surface area contributed by atoms with Gasteiger partial charge >= 0.3 is 0 Å². The zero-order valence-electron chi connectivity index (χ0n) is 42.4. The van der Waals surface area contributed by atoms with Crippen molar-refractivity contribution in [1.82, 2.24) is 0 Å². The second kappa shape index (κ2) is 14.6. The first kappa shape index (κ1) is 43.5. The highest BCUT2D eigenvalue weighted by Crippen LogP contribution is 2.62. The number of benzene rings is 7. The van der Waals surface area contributed by atoms with Crippen LogP contribution in [0.3, 0.4) is 0 Å². The smallest absolute Gasteiger partial charge is 0.252 e. The maximum Gasteiger partial charge on any atom is 0.252 e. The minimum atomic E-state index is -0.0725. The average Bonchev–Trinajstić information content (AvgIpc) is 3.76. The van der Waals surface area contributed by atoms with Gasteiger partial charge in [-0.2, -0.15) is 0 Å². The first-order chi connectivity index (χ1) is 32.2. The Bertz CT molecular complexity index is 3390. The molecule has 2 unspecified atom stereocenters. The molecule has 4 aliphatic rings. The van der Waals surface area contributed by atoms with Gasteiger partial charge in [-0.05, 0) is 160 Å². The summed E-state index contributed by atoms with van der Waals surface area (Å²) in [5, 5.41) is 2.64. The van der Waals surface area contributed by atoms with E-state index in [4.69, 9.17) is 0 Å². The molecule has 0 radical (unpaired) electrons. The fraction of sp³-hybridized carbons (Fsp3) is 0.333. The molecular weight excluding hydrogens is 842 g/mol. The lowest BCUT2D eigenvalue weighted by Gasteiger charge is -2.50. The van der Waals surface area contributed by atoms with E-state index in [2.05, 4.69) is 231 Å². The molecule has 12 rings (SSSR count). The van der Waals surface area contributed by atoms with E-state index in [1.165, 1.54) is 129 Å². The summed E-state index contributed by atoms with van der Waals surface area (Å²) in [5.74, 6) is 0. The molecule has 0 amide bonds. The predicted molar refractivity (Wildman–Crippen MR) is 297 cm³/mol. The predicted octanol–water partition coefficient (Wildman–Crippen LogP) is 16.1. The number of nitrogens with zero attached hydrogens (tertiary/aromatic N) is 3. The van der Waals surface area contributed by atoms with Gasteiger partial charge < -0.3 is 14.7 Å². The van der Waals surface area contributed by atoms with E-state index in [1.807, 2.05) is 11.3 Å². The topological polar surface area (TPSA) is 9.72 Å². The fourth-order valence-electron chi connectivity index (χ4n) is 12.8. The normalized spacial score (nSPS) is 19.8. The van der Waals surface area contributed by atoms with Crippen molar-refractivity contribution in [3.63, 3.8) is 0 Å². The molecule has 8 aromatic rings. The summed E-state index contributed by atoms with van der Waals surface area (Å²) < 4.78 is 2.66. The van der Waals surface area contributed by atoms with E-state index in [0.717, 1.165) is 6.42 Å². The lowest BCUT2D eigenvalue weighted by molar-refractivity contribution is 0.195. The Morgan fingerprint density at radius 1 is 0.485 bits per heavy atom. The average molecular weight is 908 g/mol. The van der Waals surface area contributed by atoms with Gasteiger partial charge in [-0.15, -0.1) is 11.3 Å². The Morgan fingerprint density at radius 3 is 1.79 bits per heavy atom. The maximum absolute atomic E-state index is 2.79. The Labute approximate surface area is 409 Å². The van der Waals surface area contributed by atoms with E-state index in [9.17, 15) is 0 Å². The molecule has 1 saturated carbocycles. The van der Waals surface area contributed by atoms with Gasteiger partial charge in [0.05, 0.1) is 5.54 Å².